The summed E-state index contributed by atoms with van der Waals surface area (Å²) in [4.78, 5) is 28.3. The van der Waals surface area contributed by atoms with Crippen LogP contribution in [0.2, 0.25) is 5.02 Å². The quantitative estimate of drug-likeness (QED) is 0.496. The number of piperazine rings is 1. The van der Waals surface area contributed by atoms with E-state index in [2.05, 4.69) is 43.8 Å². The fourth-order valence-corrected chi connectivity index (χ4v) is 5.14. The number of rotatable bonds is 5. The molecule has 2 fully saturated rings. The van der Waals surface area contributed by atoms with Crippen molar-refractivity contribution in [2.45, 2.75) is 57.7 Å². The van der Waals surface area contributed by atoms with E-state index in [0.717, 1.165) is 29.2 Å². The molecule has 9 nitrogen and oxygen atoms in total. The van der Waals surface area contributed by atoms with E-state index in [1.54, 1.807) is 4.90 Å². The van der Waals surface area contributed by atoms with Crippen molar-refractivity contribution in [2.24, 2.45) is 0 Å². The van der Waals surface area contributed by atoms with Crippen LogP contribution in [0.15, 0.2) is 16.6 Å². The highest BCUT2D eigenvalue weighted by Gasteiger charge is 2.34. The monoisotopic (exact) mass is 578 g/mol. The van der Waals surface area contributed by atoms with E-state index in [4.69, 9.17) is 26.1 Å². The first-order valence-corrected chi connectivity index (χ1v) is 13.3. The van der Waals surface area contributed by atoms with Crippen molar-refractivity contribution in [3.05, 3.63) is 21.6 Å². The lowest BCUT2D eigenvalue weighted by molar-refractivity contribution is 0.0145. The van der Waals surface area contributed by atoms with Crippen LogP contribution in [-0.4, -0.2) is 83.4 Å². The summed E-state index contributed by atoms with van der Waals surface area (Å²) >= 11 is 9.93. The lowest BCUT2D eigenvalue weighted by Crippen LogP contribution is -2.56. The van der Waals surface area contributed by atoms with E-state index in [1.165, 1.54) is 0 Å². The number of anilines is 1. The number of carbonyl (C=O) groups excluding carboxylic acids is 1. The van der Waals surface area contributed by atoms with Crippen LogP contribution in [0.5, 0.6) is 6.01 Å². The molecule has 0 bridgehead atoms. The summed E-state index contributed by atoms with van der Waals surface area (Å²) in [7, 11) is 2.10. The molecule has 2 aliphatic rings. The smallest absolute Gasteiger partial charge is 0.410 e. The van der Waals surface area contributed by atoms with Crippen LogP contribution in [0.3, 0.4) is 0 Å². The van der Waals surface area contributed by atoms with Crippen molar-refractivity contribution in [3.8, 4) is 12.1 Å². The van der Waals surface area contributed by atoms with E-state index >= 15 is 0 Å². The normalized spacial score (nSPS) is 21.0. The van der Waals surface area contributed by atoms with Gasteiger partial charge in [0, 0.05) is 35.5 Å². The van der Waals surface area contributed by atoms with Gasteiger partial charge in [0.05, 0.1) is 29.1 Å². The van der Waals surface area contributed by atoms with E-state index < -0.39 is 11.7 Å². The zero-order valence-electron chi connectivity index (χ0n) is 21.1. The summed E-state index contributed by atoms with van der Waals surface area (Å²) < 4.78 is 12.4. The summed E-state index contributed by atoms with van der Waals surface area (Å²) in [6.07, 6.45) is 2.01. The molecular formula is C25H32BrClN6O3. The highest BCUT2D eigenvalue weighted by Crippen LogP contribution is 2.34. The molecule has 1 aromatic heterocycles. The second-order valence-electron chi connectivity index (χ2n) is 10.3. The third-order valence-electron chi connectivity index (χ3n) is 6.51. The third-order valence-corrected chi connectivity index (χ3v) is 7.71. The molecule has 0 spiro atoms. The number of likely N-dealkylation sites (tertiary alicyclic amines) is 1. The molecule has 2 atom stereocenters. The first kappa shape index (κ1) is 26.7. The second kappa shape index (κ2) is 11.0. The number of benzene rings is 1. The number of aromatic nitrogens is 2. The molecule has 2 aromatic rings. The Hall–Kier alpha value is -2.35. The number of likely N-dealkylation sites (N-methyl/N-ethyl adjacent to an activating group) is 1. The van der Waals surface area contributed by atoms with Gasteiger partial charge in [-0.15, -0.1) is 0 Å². The molecule has 0 radical (unpaired) electrons. The lowest BCUT2D eigenvalue weighted by atomic mass is 10.1. The number of amides is 1. The van der Waals surface area contributed by atoms with Crippen molar-refractivity contribution in [3.63, 3.8) is 0 Å². The predicted molar refractivity (Wildman–Crippen MR) is 143 cm³/mol. The summed E-state index contributed by atoms with van der Waals surface area (Å²) in [6.45, 7) is 8.43. The van der Waals surface area contributed by atoms with E-state index in [-0.39, 0.29) is 12.5 Å². The van der Waals surface area contributed by atoms with Crippen molar-refractivity contribution in [1.29, 1.82) is 5.26 Å². The summed E-state index contributed by atoms with van der Waals surface area (Å²) in [5, 5.41) is 10.8. The van der Waals surface area contributed by atoms with Gasteiger partial charge in [0.15, 0.2) is 0 Å². The maximum absolute atomic E-state index is 12.8. The van der Waals surface area contributed by atoms with Crippen LogP contribution >= 0.6 is 27.5 Å². The summed E-state index contributed by atoms with van der Waals surface area (Å²) in [5.74, 6) is 0.677. The van der Waals surface area contributed by atoms with Crippen molar-refractivity contribution in [2.75, 3.05) is 44.7 Å². The molecule has 0 aliphatic carbocycles. The molecule has 0 unspecified atom stereocenters. The van der Waals surface area contributed by atoms with Gasteiger partial charge in [-0.1, -0.05) is 11.6 Å². The number of ether oxygens (including phenoxy) is 2. The molecule has 36 heavy (non-hydrogen) atoms. The number of fused-ring (bicyclic) bond motifs is 1. The molecule has 0 saturated carbocycles. The minimum Gasteiger partial charge on any atom is -0.462 e. The van der Waals surface area contributed by atoms with Gasteiger partial charge < -0.3 is 24.2 Å². The molecule has 4 rings (SSSR count). The van der Waals surface area contributed by atoms with Gasteiger partial charge in [-0.25, -0.2) is 4.79 Å². The molecule has 2 saturated heterocycles. The Morgan fingerprint density at radius 2 is 2.03 bits per heavy atom. The van der Waals surface area contributed by atoms with Gasteiger partial charge in [0.1, 0.15) is 18.0 Å². The fourth-order valence-electron chi connectivity index (χ4n) is 4.64. The van der Waals surface area contributed by atoms with Crippen LogP contribution in [0.4, 0.5) is 10.6 Å². The van der Waals surface area contributed by atoms with Gasteiger partial charge in [0.2, 0.25) is 0 Å². The Bertz CT molecular complexity index is 1170. The predicted octanol–water partition coefficient (Wildman–Crippen LogP) is 4.86. The minimum absolute atomic E-state index is 0.183. The van der Waals surface area contributed by atoms with Gasteiger partial charge in [0.25, 0.3) is 0 Å². The van der Waals surface area contributed by atoms with E-state index in [1.807, 2.05) is 32.9 Å². The molecule has 3 heterocycles. The summed E-state index contributed by atoms with van der Waals surface area (Å²) in [5.41, 5.74) is 0.0929. The molecule has 1 aromatic carbocycles. The number of halogens is 2. The topological polar surface area (TPSA) is 94.8 Å². The zero-order chi connectivity index (χ0) is 26.0. The van der Waals surface area contributed by atoms with Gasteiger partial charge in [-0.2, -0.15) is 15.2 Å². The summed E-state index contributed by atoms with van der Waals surface area (Å²) in [6, 6.07) is 6.21. The molecule has 1 amide bonds. The maximum atomic E-state index is 12.8. The lowest BCUT2D eigenvalue weighted by Gasteiger charge is -2.41. The Kier molecular flexibility index (Phi) is 8.12. The van der Waals surface area contributed by atoms with Crippen molar-refractivity contribution in [1.82, 2.24) is 19.8 Å². The highest BCUT2D eigenvalue weighted by molar-refractivity contribution is 9.10. The SMILES string of the molecule is CN1CCC[C@H]1COc1nc(N2CCN(C(=O)OC(C)(C)C)[C@@H](CC#N)C2)c2cc(Cl)c(Br)cc2n1. The zero-order valence-corrected chi connectivity index (χ0v) is 23.5. The Labute approximate surface area is 225 Å². The maximum Gasteiger partial charge on any atom is 0.410 e. The van der Waals surface area contributed by atoms with Crippen LogP contribution in [0.1, 0.15) is 40.0 Å². The molecule has 2 aliphatic heterocycles. The van der Waals surface area contributed by atoms with Gasteiger partial charge in [-0.3, -0.25) is 0 Å². The minimum atomic E-state index is -0.613. The number of hydrogen-bond acceptors (Lipinski definition) is 8. The van der Waals surface area contributed by atoms with Crippen LogP contribution in [-0.2, 0) is 4.74 Å². The van der Waals surface area contributed by atoms with Crippen LogP contribution in [0, 0.1) is 11.3 Å². The molecule has 0 N–H and O–H groups in total. The van der Waals surface area contributed by atoms with E-state index in [9.17, 15) is 10.1 Å². The molecular weight excluding hydrogens is 548 g/mol. The number of nitriles is 1. The first-order valence-electron chi connectivity index (χ1n) is 12.2. The van der Waals surface area contributed by atoms with Gasteiger partial charge in [-0.05, 0) is 75.3 Å². The Balaban J connectivity index is 1.63. The number of hydrogen-bond donors (Lipinski definition) is 0. The van der Waals surface area contributed by atoms with Crippen molar-refractivity contribution >= 4 is 50.3 Å². The van der Waals surface area contributed by atoms with Crippen LogP contribution in [0.25, 0.3) is 10.9 Å². The van der Waals surface area contributed by atoms with E-state index in [0.29, 0.717) is 54.7 Å². The Morgan fingerprint density at radius 1 is 1.25 bits per heavy atom. The second-order valence-corrected chi connectivity index (χ2v) is 11.6. The third kappa shape index (κ3) is 6.13. The van der Waals surface area contributed by atoms with Crippen LogP contribution < -0.4 is 9.64 Å². The average Bonchev–Trinajstić information content (AvgIpc) is 3.22. The van der Waals surface area contributed by atoms with Crippen molar-refractivity contribution < 1.29 is 14.3 Å². The standard InChI is InChI=1S/C25H32BrClN6O3/c1-25(2,3)36-24(34)33-11-10-32(14-16(33)7-8-28)22-18-12-20(27)19(26)13-21(18)29-23(30-22)35-15-17-6-5-9-31(17)4/h12-13,16-17H,5-7,9-11,14-15H2,1-4H3/t16-,17-/m0/s1. The number of nitrogens with zero attached hydrogens (tertiary/aromatic N) is 6. The Morgan fingerprint density at radius 3 is 2.69 bits per heavy atom. The number of carbonyl (C=O) groups is 1. The highest BCUT2D eigenvalue weighted by atomic mass is 79.9. The average molecular weight is 580 g/mol. The molecule has 11 heteroatoms. The molecule has 194 valence electrons. The fraction of sp³-hybridized carbons (Fsp3) is 0.600. The first-order chi connectivity index (χ1) is 17.1. The van der Waals surface area contributed by atoms with Gasteiger partial charge >= 0.3 is 12.1 Å². The largest absolute Gasteiger partial charge is 0.462 e.